The van der Waals surface area contributed by atoms with Gasteiger partial charge in [-0.05, 0) is 47.3 Å². The first kappa shape index (κ1) is 22.3. The summed E-state index contributed by atoms with van der Waals surface area (Å²) >= 11 is 1.28. The van der Waals surface area contributed by atoms with E-state index in [-0.39, 0.29) is 11.4 Å². The highest BCUT2D eigenvalue weighted by Crippen LogP contribution is 2.36. The van der Waals surface area contributed by atoms with E-state index in [2.05, 4.69) is 10.3 Å². The topological polar surface area (TPSA) is 115 Å². The Morgan fingerprint density at radius 2 is 1.91 bits per heavy atom. The Morgan fingerprint density at radius 1 is 1.09 bits per heavy atom. The second-order valence-corrected chi connectivity index (χ2v) is 8.73. The van der Waals surface area contributed by atoms with Gasteiger partial charge >= 0.3 is 0 Å². The molecule has 0 saturated carbocycles. The molecule has 5 aromatic rings. The molecule has 0 radical (unpaired) electrons. The molecule has 2 aromatic heterocycles. The molecule has 0 fully saturated rings. The number of nitrogens with one attached hydrogen (secondary N) is 1. The summed E-state index contributed by atoms with van der Waals surface area (Å²) in [7, 11) is 1.35. The number of hydrogen-bond acceptors (Lipinski definition) is 8. The van der Waals surface area contributed by atoms with Crippen molar-refractivity contribution in [1.82, 2.24) is 4.98 Å². The second-order valence-electron chi connectivity index (χ2n) is 7.81. The van der Waals surface area contributed by atoms with Gasteiger partial charge in [-0.25, -0.2) is 0 Å². The highest BCUT2D eigenvalue weighted by atomic mass is 32.1. The van der Waals surface area contributed by atoms with Crippen molar-refractivity contribution in [2.45, 2.75) is 6.54 Å². The number of nitrogens with two attached hydrogens (primary N) is 1. The number of rotatable bonds is 8. The Labute approximate surface area is 203 Å². The third kappa shape index (κ3) is 4.02. The van der Waals surface area contributed by atoms with Crippen LogP contribution in [0.5, 0.6) is 5.75 Å². The summed E-state index contributed by atoms with van der Waals surface area (Å²) in [6.45, 7) is 0.437. The van der Waals surface area contributed by atoms with Crippen LogP contribution < -0.4 is 31.5 Å². The minimum Gasteiger partial charge on any atom is -0.491 e. The first-order valence-corrected chi connectivity index (χ1v) is 11.6. The molecule has 0 spiro atoms. The molecule has 1 amide bonds. The summed E-state index contributed by atoms with van der Waals surface area (Å²) in [5, 5.41) is 5.81. The van der Waals surface area contributed by atoms with Crippen LogP contribution in [-0.2, 0) is 6.54 Å². The van der Waals surface area contributed by atoms with Gasteiger partial charge in [0.2, 0.25) is 0 Å². The molecule has 0 aliphatic heterocycles. The number of carbonyl (C=O) groups excluding carboxylic acids is 1. The predicted molar refractivity (Wildman–Crippen MR) is 138 cm³/mol. The molecular weight excluding hydrogens is 464 g/mol. The van der Waals surface area contributed by atoms with E-state index >= 15 is 0 Å². The summed E-state index contributed by atoms with van der Waals surface area (Å²) in [6.07, 6.45) is 1.76. The average molecular weight is 485 g/mol. The Hall–Kier alpha value is -4.50. The Morgan fingerprint density at radius 3 is 2.71 bits per heavy atom. The molecule has 0 aliphatic carbocycles. The third-order valence-corrected chi connectivity index (χ3v) is 6.64. The number of hydrogen-bond donors (Lipinski definition) is 2. The van der Waals surface area contributed by atoms with E-state index in [0.717, 1.165) is 22.2 Å². The van der Waals surface area contributed by atoms with Crippen LogP contribution in [0, 0.1) is 0 Å². The van der Waals surface area contributed by atoms with Crippen molar-refractivity contribution in [3.05, 3.63) is 103 Å². The number of fused-ring (bicyclic) bond motifs is 1. The molecule has 3 N–H and O–H groups in total. The molecule has 9 heteroatoms. The molecule has 0 unspecified atom stereocenters. The number of aromatic nitrogens is 1. The largest absolute Gasteiger partial charge is 0.491 e. The van der Waals surface area contributed by atoms with E-state index in [1.165, 1.54) is 18.4 Å². The van der Waals surface area contributed by atoms with Crippen LogP contribution in [0.4, 0.5) is 22.7 Å². The molecule has 2 heterocycles. The lowest BCUT2D eigenvalue weighted by Crippen LogP contribution is -2.34. The Bertz CT molecular complexity index is 1630. The number of ether oxygens (including phenoxy) is 1. The molecule has 0 saturated heterocycles. The van der Waals surface area contributed by atoms with Gasteiger partial charge in [-0.3, -0.25) is 19.4 Å². The summed E-state index contributed by atoms with van der Waals surface area (Å²) in [5.41, 5.74) is 8.42. The highest BCUT2D eigenvalue weighted by molar-refractivity contribution is 7.12. The van der Waals surface area contributed by atoms with Gasteiger partial charge in [-0.2, -0.15) is 0 Å². The number of thiophene rings is 1. The number of amides is 1. The molecule has 5 rings (SSSR count). The SMILES string of the molecule is COc1c(Nc2cccc(N(Cc3ccnc4ccccc34)c3ccsc3C(N)=O)c2)c(=O)c1=O. The molecule has 174 valence electrons. The lowest BCUT2D eigenvalue weighted by molar-refractivity contribution is 0.100. The van der Waals surface area contributed by atoms with Crippen molar-refractivity contribution < 1.29 is 9.53 Å². The maximum Gasteiger partial charge on any atom is 0.272 e. The van der Waals surface area contributed by atoms with Crippen LogP contribution in [0.2, 0.25) is 0 Å². The number of methoxy groups -OCH3 is 1. The number of pyridine rings is 1. The van der Waals surface area contributed by atoms with Gasteiger partial charge < -0.3 is 20.7 Å². The van der Waals surface area contributed by atoms with E-state index in [4.69, 9.17) is 10.5 Å². The van der Waals surface area contributed by atoms with Crippen molar-refractivity contribution in [3.8, 4) is 5.75 Å². The van der Waals surface area contributed by atoms with Gasteiger partial charge in [0.15, 0.2) is 5.75 Å². The maximum absolute atomic E-state index is 12.2. The van der Waals surface area contributed by atoms with E-state index in [9.17, 15) is 14.4 Å². The molecule has 0 aliphatic rings. The molecular formula is C26H20N4O4S. The Balaban J connectivity index is 1.58. The number of nitrogens with zero attached hydrogens (tertiary/aromatic N) is 2. The van der Waals surface area contributed by atoms with Crippen molar-refractivity contribution in [1.29, 1.82) is 0 Å². The van der Waals surface area contributed by atoms with Crippen molar-refractivity contribution >= 4 is 50.9 Å². The number of primary amides is 1. The fraction of sp³-hybridized carbons (Fsp3) is 0.0769. The fourth-order valence-corrected chi connectivity index (χ4v) is 4.80. The minimum absolute atomic E-state index is 0.00867. The minimum atomic E-state index is -0.651. The zero-order valence-corrected chi connectivity index (χ0v) is 19.5. The molecule has 35 heavy (non-hydrogen) atoms. The first-order valence-electron chi connectivity index (χ1n) is 10.7. The van der Waals surface area contributed by atoms with Gasteiger partial charge in [0, 0.05) is 29.5 Å². The van der Waals surface area contributed by atoms with Crippen LogP contribution in [0.3, 0.4) is 0 Å². The smallest absolute Gasteiger partial charge is 0.272 e. The monoisotopic (exact) mass is 484 g/mol. The van der Waals surface area contributed by atoms with Crippen LogP contribution in [0.1, 0.15) is 15.2 Å². The maximum atomic E-state index is 12.2. The zero-order chi connectivity index (χ0) is 24.5. The van der Waals surface area contributed by atoms with Gasteiger partial charge in [0.1, 0.15) is 10.6 Å². The van der Waals surface area contributed by atoms with Crippen LogP contribution in [-0.4, -0.2) is 18.0 Å². The molecule has 0 bridgehead atoms. The number of para-hydroxylation sites is 1. The van der Waals surface area contributed by atoms with Crippen LogP contribution in [0.15, 0.2) is 81.8 Å². The van der Waals surface area contributed by atoms with E-state index in [1.54, 1.807) is 12.3 Å². The first-order chi connectivity index (χ1) is 17.0. The van der Waals surface area contributed by atoms with Crippen LogP contribution in [0.25, 0.3) is 10.9 Å². The van der Waals surface area contributed by atoms with Gasteiger partial charge in [-0.15, -0.1) is 11.3 Å². The van der Waals surface area contributed by atoms with Gasteiger partial charge in [0.25, 0.3) is 16.8 Å². The van der Waals surface area contributed by atoms with E-state index < -0.39 is 16.8 Å². The average Bonchev–Trinajstić information content (AvgIpc) is 3.37. The molecule has 0 atom stereocenters. The van der Waals surface area contributed by atoms with Crippen molar-refractivity contribution in [2.24, 2.45) is 5.73 Å². The highest BCUT2D eigenvalue weighted by Gasteiger charge is 2.23. The molecule has 3 aromatic carbocycles. The van der Waals surface area contributed by atoms with Gasteiger partial charge in [-0.1, -0.05) is 24.3 Å². The lowest BCUT2D eigenvalue weighted by Gasteiger charge is -2.26. The summed E-state index contributed by atoms with van der Waals surface area (Å²) in [6, 6.07) is 19.0. The summed E-state index contributed by atoms with van der Waals surface area (Å²) < 4.78 is 5.03. The number of benzene rings is 2. The predicted octanol–water partition coefficient (Wildman–Crippen LogP) is 4.08. The normalized spacial score (nSPS) is 11.0. The van der Waals surface area contributed by atoms with Crippen LogP contribution >= 0.6 is 11.3 Å². The second kappa shape index (κ2) is 9.03. The van der Waals surface area contributed by atoms with E-state index in [1.807, 2.05) is 64.9 Å². The van der Waals surface area contributed by atoms with Crippen molar-refractivity contribution in [3.63, 3.8) is 0 Å². The zero-order valence-electron chi connectivity index (χ0n) is 18.6. The fourth-order valence-electron chi connectivity index (χ4n) is 4.05. The van der Waals surface area contributed by atoms with E-state index in [0.29, 0.717) is 22.8 Å². The Kier molecular flexibility index (Phi) is 5.76. The third-order valence-electron chi connectivity index (χ3n) is 5.72. The lowest BCUT2D eigenvalue weighted by atomic mass is 10.1. The van der Waals surface area contributed by atoms with Crippen molar-refractivity contribution in [2.75, 3.05) is 17.3 Å². The molecule has 8 nitrogen and oxygen atoms in total. The summed E-state index contributed by atoms with van der Waals surface area (Å²) in [5.74, 6) is -0.503. The van der Waals surface area contributed by atoms with Gasteiger partial charge in [0.05, 0.1) is 18.3 Å². The number of carbonyl (C=O) groups is 1. The summed E-state index contributed by atoms with van der Waals surface area (Å²) in [4.78, 5) is 42.8. The standard InChI is InChI=1S/C26H20N4O4S/c1-34-24-21(22(31)23(24)32)29-16-5-4-6-17(13-16)30(20-10-12-35-25(20)26(27)33)14-15-9-11-28-19-8-3-2-7-18(15)19/h2-13,29H,14H2,1H3,(H2,27,33). The quantitative estimate of drug-likeness (QED) is 0.319. The number of anilines is 4.